The first-order valence-corrected chi connectivity index (χ1v) is 7.90. The highest BCUT2D eigenvalue weighted by Gasteiger charge is 2.45. The molecule has 0 unspecified atom stereocenters. The third-order valence-electron chi connectivity index (χ3n) is 4.99. The molecule has 3 rings (SSSR count). The average Bonchev–Trinajstić information content (AvgIpc) is 2.80. The van der Waals surface area contributed by atoms with Crippen molar-refractivity contribution in [2.45, 2.75) is 51.0 Å². The molecular weight excluding hydrogens is 246 g/mol. The number of guanidine groups is 1. The first-order chi connectivity index (χ1) is 9.75. The maximum absolute atomic E-state index is 6.19. The van der Waals surface area contributed by atoms with Gasteiger partial charge in [-0.2, -0.15) is 0 Å². The Labute approximate surface area is 121 Å². The summed E-state index contributed by atoms with van der Waals surface area (Å²) < 4.78 is 0. The fourth-order valence-corrected chi connectivity index (χ4v) is 3.89. The molecular formula is C17H25N3. The Morgan fingerprint density at radius 3 is 2.60 bits per heavy atom. The van der Waals surface area contributed by atoms with E-state index in [1.807, 2.05) is 0 Å². The number of hydrogen-bond donors (Lipinski definition) is 1. The molecule has 1 aromatic rings. The number of rotatable bonds is 3. The monoisotopic (exact) mass is 271 g/mol. The van der Waals surface area contributed by atoms with Crippen molar-refractivity contribution in [2.24, 2.45) is 16.6 Å². The number of hydrogen-bond acceptors (Lipinski definition) is 3. The lowest BCUT2D eigenvalue weighted by molar-refractivity contribution is 0.238. The SMILES string of the molecule is CCCC1CCC2(CC1)CN=C(N)N2c1ccccc1. The number of para-hydroxylation sites is 1. The summed E-state index contributed by atoms with van der Waals surface area (Å²) in [5.74, 6) is 1.61. The molecule has 1 aliphatic carbocycles. The Hall–Kier alpha value is -1.51. The van der Waals surface area contributed by atoms with Crippen LogP contribution in [0.4, 0.5) is 5.69 Å². The molecule has 3 nitrogen and oxygen atoms in total. The molecule has 0 bridgehead atoms. The molecule has 0 amide bonds. The topological polar surface area (TPSA) is 41.6 Å². The van der Waals surface area contributed by atoms with E-state index in [1.54, 1.807) is 0 Å². The Morgan fingerprint density at radius 1 is 1.25 bits per heavy atom. The molecule has 20 heavy (non-hydrogen) atoms. The van der Waals surface area contributed by atoms with E-state index in [0.29, 0.717) is 5.96 Å². The zero-order chi connectivity index (χ0) is 14.0. The summed E-state index contributed by atoms with van der Waals surface area (Å²) in [5.41, 5.74) is 7.53. The predicted octanol–water partition coefficient (Wildman–Crippen LogP) is 3.55. The molecule has 1 fully saturated rings. The molecule has 0 atom stereocenters. The van der Waals surface area contributed by atoms with Crippen molar-refractivity contribution in [3.63, 3.8) is 0 Å². The van der Waals surface area contributed by atoms with Gasteiger partial charge in [0.1, 0.15) is 0 Å². The lowest BCUT2D eigenvalue weighted by Crippen LogP contribution is -2.53. The zero-order valence-corrected chi connectivity index (χ0v) is 12.4. The summed E-state index contributed by atoms with van der Waals surface area (Å²) in [4.78, 5) is 6.86. The van der Waals surface area contributed by atoms with Crippen LogP contribution in [-0.4, -0.2) is 18.0 Å². The third kappa shape index (κ3) is 2.30. The molecule has 1 aromatic carbocycles. The first kappa shape index (κ1) is 13.5. The van der Waals surface area contributed by atoms with Gasteiger partial charge in [0.2, 0.25) is 0 Å². The van der Waals surface area contributed by atoms with Gasteiger partial charge in [0.05, 0.1) is 12.1 Å². The van der Waals surface area contributed by atoms with Gasteiger partial charge in [0.15, 0.2) is 5.96 Å². The molecule has 2 aliphatic rings. The zero-order valence-electron chi connectivity index (χ0n) is 12.4. The van der Waals surface area contributed by atoms with E-state index in [1.165, 1.54) is 44.2 Å². The van der Waals surface area contributed by atoms with Gasteiger partial charge in [-0.3, -0.25) is 4.99 Å². The van der Waals surface area contributed by atoms with Crippen molar-refractivity contribution in [3.8, 4) is 0 Å². The lowest BCUT2D eigenvalue weighted by atomic mass is 9.74. The highest BCUT2D eigenvalue weighted by Crippen LogP contribution is 2.42. The van der Waals surface area contributed by atoms with Crippen LogP contribution in [0.3, 0.4) is 0 Å². The second-order valence-electron chi connectivity index (χ2n) is 6.30. The Morgan fingerprint density at radius 2 is 1.95 bits per heavy atom. The van der Waals surface area contributed by atoms with Crippen molar-refractivity contribution in [2.75, 3.05) is 11.4 Å². The maximum atomic E-state index is 6.19. The van der Waals surface area contributed by atoms with Gasteiger partial charge in [-0.05, 0) is 43.7 Å². The Balaban J connectivity index is 1.80. The van der Waals surface area contributed by atoms with E-state index in [2.05, 4.69) is 47.1 Å². The highest BCUT2D eigenvalue weighted by molar-refractivity contribution is 5.98. The fourth-order valence-electron chi connectivity index (χ4n) is 3.89. The molecule has 108 valence electrons. The van der Waals surface area contributed by atoms with Crippen LogP contribution in [0, 0.1) is 5.92 Å². The van der Waals surface area contributed by atoms with Crippen LogP contribution in [0.25, 0.3) is 0 Å². The van der Waals surface area contributed by atoms with Crippen molar-refractivity contribution in [1.82, 2.24) is 0 Å². The minimum Gasteiger partial charge on any atom is -0.369 e. The van der Waals surface area contributed by atoms with Crippen LogP contribution in [0.1, 0.15) is 45.4 Å². The summed E-state index contributed by atoms with van der Waals surface area (Å²) in [6.45, 7) is 3.16. The minimum absolute atomic E-state index is 0.148. The Bertz CT molecular complexity index is 472. The van der Waals surface area contributed by atoms with Gasteiger partial charge in [-0.15, -0.1) is 0 Å². The molecule has 1 spiro atoms. The average molecular weight is 271 g/mol. The molecule has 1 aliphatic heterocycles. The van der Waals surface area contributed by atoms with Crippen molar-refractivity contribution in [1.29, 1.82) is 0 Å². The lowest BCUT2D eigenvalue weighted by Gasteiger charge is -2.44. The van der Waals surface area contributed by atoms with Gasteiger partial charge in [0, 0.05) is 5.69 Å². The van der Waals surface area contributed by atoms with E-state index in [4.69, 9.17) is 5.73 Å². The van der Waals surface area contributed by atoms with Crippen molar-refractivity contribution >= 4 is 11.6 Å². The van der Waals surface area contributed by atoms with E-state index in [-0.39, 0.29) is 5.54 Å². The summed E-state index contributed by atoms with van der Waals surface area (Å²) in [7, 11) is 0. The summed E-state index contributed by atoms with van der Waals surface area (Å²) in [5, 5.41) is 0. The number of aliphatic imine (C=N–C) groups is 1. The van der Waals surface area contributed by atoms with Crippen LogP contribution < -0.4 is 10.6 Å². The van der Waals surface area contributed by atoms with Gasteiger partial charge < -0.3 is 10.6 Å². The van der Waals surface area contributed by atoms with E-state index < -0.39 is 0 Å². The summed E-state index contributed by atoms with van der Waals surface area (Å²) in [6, 6.07) is 10.5. The second-order valence-corrected chi connectivity index (χ2v) is 6.30. The molecule has 0 saturated heterocycles. The molecule has 1 heterocycles. The van der Waals surface area contributed by atoms with Gasteiger partial charge in [-0.25, -0.2) is 0 Å². The normalized spacial score (nSPS) is 29.8. The first-order valence-electron chi connectivity index (χ1n) is 7.90. The summed E-state index contributed by atoms with van der Waals surface area (Å²) >= 11 is 0. The number of nitrogens with two attached hydrogens (primary N) is 1. The van der Waals surface area contributed by atoms with Crippen molar-refractivity contribution in [3.05, 3.63) is 30.3 Å². The highest BCUT2D eigenvalue weighted by atomic mass is 15.4. The predicted molar refractivity (Wildman–Crippen MR) is 85.0 cm³/mol. The van der Waals surface area contributed by atoms with Crippen LogP contribution in [0.15, 0.2) is 35.3 Å². The summed E-state index contributed by atoms with van der Waals surface area (Å²) in [6.07, 6.45) is 7.75. The van der Waals surface area contributed by atoms with E-state index in [9.17, 15) is 0 Å². The standard InChI is InChI=1S/C17H25N3/c1-2-6-14-9-11-17(12-10-14)13-19-16(18)20(17)15-7-4-3-5-8-15/h3-5,7-8,14H,2,6,9-13H2,1H3,(H2,18,19). The van der Waals surface area contributed by atoms with Crippen LogP contribution >= 0.6 is 0 Å². The molecule has 2 N–H and O–H groups in total. The third-order valence-corrected chi connectivity index (χ3v) is 4.99. The van der Waals surface area contributed by atoms with Gasteiger partial charge in [-0.1, -0.05) is 38.0 Å². The van der Waals surface area contributed by atoms with Crippen molar-refractivity contribution < 1.29 is 0 Å². The smallest absolute Gasteiger partial charge is 0.196 e. The number of nitrogens with zero attached hydrogens (tertiary/aromatic N) is 2. The van der Waals surface area contributed by atoms with Crippen LogP contribution in [0.2, 0.25) is 0 Å². The fraction of sp³-hybridized carbons (Fsp3) is 0.588. The quantitative estimate of drug-likeness (QED) is 0.913. The molecule has 1 saturated carbocycles. The van der Waals surface area contributed by atoms with E-state index >= 15 is 0 Å². The van der Waals surface area contributed by atoms with Gasteiger partial charge in [0.25, 0.3) is 0 Å². The number of benzene rings is 1. The maximum Gasteiger partial charge on any atom is 0.196 e. The van der Waals surface area contributed by atoms with Crippen LogP contribution in [-0.2, 0) is 0 Å². The van der Waals surface area contributed by atoms with Gasteiger partial charge >= 0.3 is 0 Å². The molecule has 3 heteroatoms. The molecule has 0 radical (unpaired) electrons. The largest absolute Gasteiger partial charge is 0.369 e. The number of anilines is 1. The van der Waals surface area contributed by atoms with Crippen LogP contribution in [0.5, 0.6) is 0 Å². The molecule has 0 aromatic heterocycles. The second kappa shape index (κ2) is 5.47. The minimum atomic E-state index is 0.148. The van der Waals surface area contributed by atoms with E-state index in [0.717, 1.165) is 12.5 Å². The Kier molecular flexibility index (Phi) is 3.68.